The molecule has 6 heteroatoms. The van der Waals surface area contributed by atoms with Crippen molar-refractivity contribution >= 4 is 11.8 Å². The Morgan fingerprint density at radius 1 is 1.43 bits per heavy atom. The molecular formula is C15H21N3O3. The molecule has 1 aliphatic rings. The molecule has 0 spiro atoms. The minimum atomic E-state index is -0.441. The van der Waals surface area contributed by atoms with Crippen LogP contribution in [-0.2, 0) is 16.0 Å². The summed E-state index contributed by atoms with van der Waals surface area (Å²) in [6.45, 7) is 2.61. The van der Waals surface area contributed by atoms with Crippen LogP contribution in [-0.4, -0.2) is 44.2 Å². The standard InChI is InChI=1S/C15H21N3O3/c16-15(20)12-3-1-2-11(8-12)4-5-18-14(19)9-13-10-21-7-6-17-13/h1-3,8,13,17H,4-7,9-10H2,(H2,16,20)(H,18,19). The third-order valence-electron chi connectivity index (χ3n) is 3.38. The van der Waals surface area contributed by atoms with Crippen molar-refractivity contribution in [3.63, 3.8) is 0 Å². The van der Waals surface area contributed by atoms with E-state index in [0.29, 0.717) is 38.2 Å². The van der Waals surface area contributed by atoms with Crippen LogP contribution in [0.5, 0.6) is 0 Å². The van der Waals surface area contributed by atoms with E-state index in [4.69, 9.17) is 10.5 Å². The molecule has 1 aromatic rings. The van der Waals surface area contributed by atoms with Crippen LogP contribution in [0.25, 0.3) is 0 Å². The minimum Gasteiger partial charge on any atom is -0.378 e. The summed E-state index contributed by atoms with van der Waals surface area (Å²) in [7, 11) is 0. The maximum Gasteiger partial charge on any atom is 0.248 e. The van der Waals surface area contributed by atoms with Gasteiger partial charge < -0.3 is 21.1 Å². The van der Waals surface area contributed by atoms with Gasteiger partial charge in [0, 0.05) is 31.1 Å². The number of amides is 2. The van der Waals surface area contributed by atoms with Crippen molar-refractivity contribution < 1.29 is 14.3 Å². The number of hydrogen-bond donors (Lipinski definition) is 3. The number of primary amides is 1. The number of hydrogen-bond acceptors (Lipinski definition) is 4. The van der Waals surface area contributed by atoms with Crippen LogP contribution in [0.2, 0.25) is 0 Å². The Kier molecular flexibility index (Phi) is 5.71. The van der Waals surface area contributed by atoms with E-state index in [1.807, 2.05) is 6.07 Å². The normalized spacial score (nSPS) is 18.2. The van der Waals surface area contributed by atoms with Crippen LogP contribution < -0.4 is 16.4 Å². The highest BCUT2D eigenvalue weighted by atomic mass is 16.5. The molecule has 1 saturated heterocycles. The van der Waals surface area contributed by atoms with Gasteiger partial charge in [-0.2, -0.15) is 0 Å². The molecule has 21 heavy (non-hydrogen) atoms. The molecule has 2 rings (SSSR count). The maximum atomic E-state index is 11.8. The zero-order valence-corrected chi connectivity index (χ0v) is 11.9. The van der Waals surface area contributed by atoms with Gasteiger partial charge in [-0.3, -0.25) is 9.59 Å². The number of nitrogens with two attached hydrogens (primary N) is 1. The van der Waals surface area contributed by atoms with E-state index in [-0.39, 0.29) is 11.9 Å². The van der Waals surface area contributed by atoms with Gasteiger partial charge in [-0.05, 0) is 24.1 Å². The smallest absolute Gasteiger partial charge is 0.248 e. The van der Waals surface area contributed by atoms with Gasteiger partial charge in [-0.1, -0.05) is 12.1 Å². The predicted octanol–water partition coefficient (Wildman–Crippen LogP) is -0.177. The second-order valence-electron chi connectivity index (χ2n) is 5.09. The highest BCUT2D eigenvalue weighted by molar-refractivity contribution is 5.92. The van der Waals surface area contributed by atoms with E-state index in [9.17, 15) is 9.59 Å². The molecular weight excluding hydrogens is 270 g/mol. The van der Waals surface area contributed by atoms with E-state index in [1.54, 1.807) is 18.2 Å². The van der Waals surface area contributed by atoms with Gasteiger partial charge in [0.2, 0.25) is 11.8 Å². The van der Waals surface area contributed by atoms with E-state index >= 15 is 0 Å². The number of nitrogens with one attached hydrogen (secondary N) is 2. The van der Waals surface area contributed by atoms with Gasteiger partial charge in [-0.25, -0.2) is 0 Å². The van der Waals surface area contributed by atoms with E-state index in [2.05, 4.69) is 10.6 Å². The fraction of sp³-hybridized carbons (Fsp3) is 0.467. The lowest BCUT2D eigenvalue weighted by Crippen LogP contribution is -2.44. The molecule has 114 valence electrons. The molecule has 1 aromatic carbocycles. The van der Waals surface area contributed by atoms with E-state index < -0.39 is 5.91 Å². The SMILES string of the molecule is NC(=O)c1cccc(CCNC(=O)CC2COCCN2)c1. The lowest BCUT2D eigenvalue weighted by atomic mass is 10.1. The van der Waals surface area contributed by atoms with Crippen LogP contribution in [0.4, 0.5) is 0 Å². The predicted molar refractivity (Wildman–Crippen MR) is 78.9 cm³/mol. The summed E-state index contributed by atoms with van der Waals surface area (Å²) in [6.07, 6.45) is 1.09. The first kappa shape index (κ1) is 15.5. The fourth-order valence-corrected chi connectivity index (χ4v) is 2.27. The molecule has 0 radical (unpaired) electrons. The van der Waals surface area contributed by atoms with Crippen LogP contribution >= 0.6 is 0 Å². The van der Waals surface area contributed by atoms with Crippen molar-refractivity contribution in [1.82, 2.24) is 10.6 Å². The molecule has 2 amide bonds. The third kappa shape index (κ3) is 5.17. The van der Waals surface area contributed by atoms with E-state index in [1.165, 1.54) is 0 Å². The van der Waals surface area contributed by atoms with Crippen molar-refractivity contribution in [3.8, 4) is 0 Å². The minimum absolute atomic E-state index is 0.00376. The number of carbonyl (C=O) groups is 2. The lowest BCUT2D eigenvalue weighted by Gasteiger charge is -2.23. The maximum absolute atomic E-state index is 11.8. The molecule has 1 atom stereocenters. The average molecular weight is 291 g/mol. The number of ether oxygens (including phenoxy) is 1. The quantitative estimate of drug-likeness (QED) is 0.678. The Bertz CT molecular complexity index is 499. The van der Waals surface area contributed by atoms with E-state index in [0.717, 1.165) is 12.1 Å². The topological polar surface area (TPSA) is 93.5 Å². The van der Waals surface area contributed by atoms with Crippen molar-refractivity contribution in [1.29, 1.82) is 0 Å². The largest absolute Gasteiger partial charge is 0.378 e. The number of carbonyl (C=O) groups excluding carboxylic acids is 2. The molecule has 0 saturated carbocycles. The van der Waals surface area contributed by atoms with Crippen molar-refractivity contribution in [2.24, 2.45) is 5.73 Å². The Balaban J connectivity index is 1.72. The molecule has 1 heterocycles. The highest BCUT2D eigenvalue weighted by Gasteiger charge is 2.16. The Hall–Kier alpha value is -1.92. The van der Waals surface area contributed by atoms with Crippen molar-refractivity contribution in [2.45, 2.75) is 18.9 Å². The summed E-state index contributed by atoms with van der Waals surface area (Å²) in [5, 5.41) is 6.12. The Morgan fingerprint density at radius 2 is 2.29 bits per heavy atom. The third-order valence-corrected chi connectivity index (χ3v) is 3.38. The average Bonchev–Trinajstić information content (AvgIpc) is 2.48. The molecule has 4 N–H and O–H groups in total. The molecule has 1 fully saturated rings. The van der Waals surface area contributed by atoms with Gasteiger partial charge in [0.25, 0.3) is 0 Å². The first-order valence-corrected chi connectivity index (χ1v) is 7.12. The summed E-state index contributed by atoms with van der Waals surface area (Å²) in [4.78, 5) is 22.9. The first-order valence-electron chi connectivity index (χ1n) is 7.12. The Morgan fingerprint density at radius 3 is 3.00 bits per heavy atom. The van der Waals surface area contributed by atoms with Crippen LogP contribution in [0.3, 0.4) is 0 Å². The number of morpholine rings is 1. The van der Waals surface area contributed by atoms with Gasteiger partial charge in [-0.15, -0.1) is 0 Å². The molecule has 0 bridgehead atoms. The lowest BCUT2D eigenvalue weighted by molar-refractivity contribution is -0.122. The fourth-order valence-electron chi connectivity index (χ4n) is 2.27. The second kappa shape index (κ2) is 7.75. The zero-order chi connectivity index (χ0) is 15.1. The highest BCUT2D eigenvalue weighted by Crippen LogP contribution is 2.05. The molecule has 1 unspecified atom stereocenters. The van der Waals surface area contributed by atoms with Crippen molar-refractivity contribution in [2.75, 3.05) is 26.3 Å². The summed E-state index contributed by atoms with van der Waals surface area (Å²) in [5.74, 6) is -0.437. The summed E-state index contributed by atoms with van der Waals surface area (Å²) >= 11 is 0. The monoisotopic (exact) mass is 291 g/mol. The van der Waals surface area contributed by atoms with Crippen LogP contribution in [0.1, 0.15) is 22.3 Å². The van der Waals surface area contributed by atoms with Crippen LogP contribution in [0.15, 0.2) is 24.3 Å². The molecule has 0 aromatic heterocycles. The summed E-state index contributed by atoms with van der Waals surface area (Å²) < 4.78 is 5.31. The van der Waals surface area contributed by atoms with Gasteiger partial charge in [0.1, 0.15) is 0 Å². The Labute approximate surface area is 124 Å². The summed E-state index contributed by atoms with van der Waals surface area (Å²) in [6, 6.07) is 7.23. The van der Waals surface area contributed by atoms with Crippen LogP contribution in [0, 0.1) is 0 Å². The molecule has 6 nitrogen and oxygen atoms in total. The summed E-state index contributed by atoms with van der Waals surface area (Å²) in [5.41, 5.74) is 6.70. The number of rotatable bonds is 6. The molecule has 1 aliphatic heterocycles. The second-order valence-corrected chi connectivity index (χ2v) is 5.09. The van der Waals surface area contributed by atoms with Gasteiger partial charge in [0.05, 0.1) is 13.2 Å². The molecule has 0 aliphatic carbocycles. The van der Waals surface area contributed by atoms with Gasteiger partial charge >= 0.3 is 0 Å². The van der Waals surface area contributed by atoms with Gasteiger partial charge in [0.15, 0.2) is 0 Å². The van der Waals surface area contributed by atoms with Crippen molar-refractivity contribution in [3.05, 3.63) is 35.4 Å². The zero-order valence-electron chi connectivity index (χ0n) is 11.9. The number of benzene rings is 1. The first-order chi connectivity index (χ1) is 10.1.